The third-order valence-electron chi connectivity index (χ3n) is 2.04. The van der Waals surface area contributed by atoms with Crippen LogP contribution in [-0.2, 0) is 19.4 Å². The monoisotopic (exact) mass is 252 g/mol. The summed E-state index contributed by atoms with van der Waals surface area (Å²) in [6.07, 6.45) is 1.68. The van der Waals surface area contributed by atoms with Gasteiger partial charge in [0.05, 0.1) is 6.61 Å². The summed E-state index contributed by atoms with van der Waals surface area (Å²) in [6.45, 7) is 3.24. The molecule has 0 aromatic rings. The summed E-state index contributed by atoms with van der Waals surface area (Å²) in [5, 5.41) is 1.53. The van der Waals surface area contributed by atoms with Gasteiger partial charge in [0.15, 0.2) is 9.84 Å². The summed E-state index contributed by atoms with van der Waals surface area (Å²) < 4.78 is 27.2. The molecular weight excluding hydrogens is 232 g/mol. The molecule has 7 heteroatoms. The van der Waals surface area contributed by atoms with Crippen molar-refractivity contribution in [3.63, 3.8) is 0 Å². The largest absolute Gasteiger partial charge is 0.380 e. The van der Waals surface area contributed by atoms with Crippen LogP contribution in [0.5, 0.6) is 0 Å². The molecule has 0 saturated carbocycles. The maximum absolute atomic E-state index is 11.3. The Morgan fingerprint density at radius 3 is 2.56 bits per heavy atom. The van der Waals surface area contributed by atoms with Crippen LogP contribution in [-0.4, -0.2) is 52.1 Å². The van der Waals surface area contributed by atoms with E-state index in [1.807, 2.05) is 0 Å². The standard InChI is InChI=1S/C9H20N2O4S/c1-8(16(2,13)14)9(12)11-5-3-6-15-7-4-10/h8H,3-7,10H2,1-2H3,(H,11,12). The summed E-state index contributed by atoms with van der Waals surface area (Å²) >= 11 is 0. The van der Waals surface area contributed by atoms with Gasteiger partial charge in [0.1, 0.15) is 5.25 Å². The average Bonchev–Trinajstić information content (AvgIpc) is 2.20. The molecule has 1 atom stereocenters. The second-order valence-corrected chi connectivity index (χ2v) is 5.88. The van der Waals surface area contributed by atoms with E-state index in [-0.39, 0.29) is 0 Å². The molecule has 0 bridgehead atoms. The van der Waals surface area contributed by atoms with E-state index in [9.17, 15) is 13.2 Å². The van der Waals surface area contributed by atoms with Crippen molar-refractivity contribution in [1.29, 1.82) is 0 Å². The summed E-state index contributed by atoms with van der Waals surface area (Å²) in [5.74, 6) is -0.471. The smallest absolute Gasteiger partial charge is 0.238 e. The highest BCUT2D eigenvalue weighted by Gasteiger charge is 2.22. The molecule has 0 rings (SSSR count). The van der Waals surface area contributed by atoms with Crippen LogP contribution in [0.4, 0.5) is 0 Å². The first-order valence-corrected chi connectivity index (χ1v) is 7.09. The van der Waals surface area contributed by atoms with Gasteiger partial charge in [-0.1, -0.05) is 0 Å². The van der Waals surface area contributed by atoms with Gasteiger partial charge in [0, 0.05) is 26.0 Å². The lowest BCUT2D eigenvalue weighted by Crippen LogP contribution is -2.38. The highest BCUT2D eigenvalue weighted by Crippen LogP contribution is 1.97. The van der Waals surface area contributed by atoms with Crippen molar-refractivity contribution >= 4 is 15.7 Å². The molecule has 96 valence electrons. The van der Waals surface area contributed by atoms with Crippen molar-refractivity contribution in [3.05, 3.63) is 0 Å². The summed E-state index contributed by atoms with van der Waals surface area (Å²) in [7, 11) is -3.31. The first-order chi connectivity index (χ1) is 7.39. The fourth-order valence-corrected chi connectivity index (χ4v) is 1.38. The molecule has 3 N–H and O–H groups in total. The van der Waals surface area contributed by atoms with Crippen molar-refractivity contribution in [2.75, 3.05) is 32.6 Å². The third kappa shape index (κ3) is 6.76. The zero-order valence-electron chi connectivity index (χ0n) is 9.73. The van der Waals surface area contributed by atoms with Crippen molar-refractivity contribution in [2.45, 2.75) is 18.6 Å². The molecule has 0 aliphatic rings. The number of nitrogens with one attached hydrogen (secondary N) is 1. The molecule has 0 saturated heterocycles. The van der Waals surface area contributed by atoms with Gasteiger partial charge in [0.25, 0.3) is 0 Å². The highest BCUT2D eigenvalue weighted by atomic mass is 32.2. The first-order valence-electron chi connectivity index (χ1n) is 5.14. The number of sulfone groups is 1. The number of hydrogen-bond acceptors (Lipinski definition) is 5. The molecule has 0 heterocycles. The Bertz CT molecular complexity index is 303. The molecule has 0 aromatic heterocycles. The molecule has 0 aliphatic carbocycles. The quantitative estimate of drug-likeness (QED) is 0.534. The fourth-order valence-electron chi connectivity index (χ4n) is 0.909. The van der Waals surface area contributed by atoms with Crippen LogP contribution in [0.1, 0.15) is 13.3 Å². The lowest BCUT2D eigenvalue weighted by atomic mass is 10.4. The predicted octanol–water partition coefficient (Wildman–Crippen LogP) is -1.10. The van der Waals surface area contributed by atoms with Crippen LogP contribution < -0.4 is 11.1 Å². The van der Waals surface area contributed by atoms with Crippen LogP contribution in [0.2, 0.25) is 0 Å². The van der Waals surface area contributed by atoms with E-state index in [2.05, 4.69) is 5.32 Å². The number of carbonyl (C=O) groups is 1. The number of ether oxygens (including phenoxy) is 1. The highest BCUT2D eigenvalue weighted by molar-refractivity contribution is 7.92. The van der Waals surface area contributed by atoms with Crippen LogP contribution in [0.15, 0.2) is 0 Å². The number of amides is 1. The number of carbonyl (C=O) groups excluding carboxylic acids is 1. The van der Waals surface area contributed by atoms with Gasteiger partial charge in [-0.05, 0) is 13.3 Å². The topological polar surface area (TPSA) is 98.5 Å². The zero-order chi connectivity index (χ0) is 12.6. The Labute approximate surface area is 96.4 Å². The molecular formula is C9H20N2O4S. The minimum absolute atomic E-state index is 0.406. The summed E-state index contributed by atoms with van der Waals surface area (Å²) in [4.78, 5) is 11.3. The first kappa shape index (κ1) is 15.3. The Balaban J connectivity index is 3.67. The van der Waals surface area contributed by atoms with E-state index < -0.39 is 21.0 Å². The lowest BCUT2D eigenvalue weighted by molar-refractivity contribution is -0.120. The van der Waals surface area contributed by atoms with Gasteiger partial charge in [-0.25, -0.2) is 8.42 Å². The minimum Gasteiger partial charge on any atom is -0.380 e. The van der Waals surface area contributed by atoms with E-state index in [1.165, 1.54) is 6.92 Å². The zero-order valence-corrected chi connectivity index (χ0v) is 10.5. The predicted molar refractivity (Wildman–Crippen MR) is 61.8 cm³/mol. The molecule has 6 nitrogen and oxygen atoms in total. The molecule has 1 unspecified atom stereocenters. The Kier molecular flexibility index (Phi) is 7.27. The van der Waals surface area contributed by atoms with Crippen LogP contribution in [0.3, 0.4) is 0 Å². The number of hydrogen-bond donors (Lipinski definition) is 2. The molecule has 16 heavy (non-hydrogen) atoms. The van der Waals surface area contributed by atoms with Crippen molar-refractivity contribution in [3.8, 4) is 0 Å². The molecule has 0 spiro atoms. The second-order valence-electron chi connectivity index (χ2n) is 3.52. The SMILES string of the molecule is CC(C(=O)NCCCOCCN)S(C)(=O)=O. The maximum atomic E-state index is 11.3. The fraction of sp³-hybridized carbons (Fsp3) is 0.889. The van der Waals surface area contributed by atoms with E-state index in [4.69, 9.17) is 10.5 Å². The normalized spacial score (nSPS) is 13.4. The molecule has 0 radical (unpaired) electrons. The van der Waals surface area contributed by atoms with Gasteiger partial charge in [-0.2, -0.15) is 0 Å². The Morgan fingerprint density at radius 1 is 1.44 bits per heavy atom. The lowest BCUT2D eigenvalue weighted by Gasteiger charge is -2.10. The van der Waals surface area contributed by atoms with Gasteiger partial charge in [0.2, 0.25) is 5.91 Å². The molecule has 1 amide bonds. The Morgan fingerprint density at radius 2 is 2.06 bits per heavy atom. The van der Waals surface area contributed by atoms with Crippen LogP contribution >= 0.6 is 0 Å². The average molecular weight is 252 g/mol. The van der Waals surface area contributed by atoms with Gasteiger partial charge < -0.3 is 15.8 Å². The van der Waals surface area contributed by atoms with Crippen molar-refractivity contribution < 1.29 is 17.9 Å². The Hall–Kier alpha value is -0.660. The number of rotatable bonds is 8. The van der Waals surface area contributed by atoms with Gasteiger partial charge >= 0.3 is 0 Å². The van der Waals surface area contributed by atoms with Gasteiger partial charge in [-0.3, -0.25) is 4.79 Å². The molecule has 0 aromatic carbocycles. The van der Waals surface area contributed by atoms with Crippen molar-refractivity contribution in [2.24, 2.45) is 5.73 Å². The van der Waals surface area contributed by atoms with Gasteiger partial charge in [-0.15, -0.1) is 0 Å². The molecule has 0 aliphatic heterocycles. The second kappa shape index (κ2) is 7.59. The van der Waals surface area contributed by atoms with Crippen LogP contribution in [0.25, 0.3) is 0 Å². The van der Waals surface area contributed by atoms with E-state index in [0.717, 1.165) is 6.26 Å². The summed E-state index contributed by atoms with van der Waals surface area (Å²) in [6, 6.07) is 0. The molecule has 0 fully saturated rings. The van der Waals surface area contributed by atoms with Crippen LogP contribution in [0, 0.1) is 0 Å². The minimum atomic E-state index is -3.31. The van der Waals surface area contributed by atoms with E-state index in [1.54, 1.807) is 0 Å². The number of nitrogens with two attached hydrogens (primary N) is 1. The van der Waals surface area contributed by atoms with E-state index >= 15 is 0 Å². The summed E-state index contributed by atoms with van der Waals surface area (Å²) in [5.41, 5.74) is 5.22. The maximum Gasteiger partial charge on any atom is 0.238 e. The van der Waals surface area contributed by atoms with Crippen molar-refractivity contribution in [1.82, 2.24) is 5.32 Å². The van der Waals surface area contributed by atoms with E-state index in [0.29, 0.717) is 32.7 Å². The third-order valence-corrected chi connectivity index (χ3v) is 3.54.